The van der Waals surface area contributed by atoms with Crippen molar-refractivity contribution >= 4 is 40.4 Å². The standard InChI is InChI=1S/C22H28N4O3S/c1-16(24-20(27)7-9-23-22(29)17-8-12-30-15-17)13-21(28)25-18-5-4-6-19(14-18)26-10-2-3-11-26/h4-6,8,12,14-16H,2-3,7,9-11,13H2,1H3,(H,23,29)(H,24,27)(H,25,28). The zero-order valence-corrected chi connectivity index (χ0v) is 18.0. The van der Waals surface area contributed by atoms with E-state index in [1.165, 1.54) is 24.2 Å². The lowest BCUT2D eigenvalue weighted by atomic mass is 10.2. The van der Waals surface area contributed by atoms with Crippen LogP contribution in [-0.4, -0.2) is 43.4 Å². The molecule has 1 atom stereocenters. The van der Waals surface area contributed by atoms with Gasteiger partial charge in [-0.15, -0.1) is 0 Å². The van der Waals surface area contributed by atoms with E-state index in [9.17, 15) is 14.4 Å². The molecule has 0 saturated carbocycles. The van der Waals surface area contributed by atoms with Crippen LogP contribution in [0.2, 0.25) is 0 Å². The van der Waals surface area contributed by atoms with Crippen molar-refractivity contribution in [3.05, 3.63) is 46.7 Å². The number of amides is 3. The van der Waals surface area contributed by atoms with Crippen LogP contribution in [0.1, 0.15) is 43.0 Å². The molecule has 8 heteroatoms. The van der Waals surface area contributed by atoms with Gasteiger partial charge in [0.15, 0.2) is 0 Å². The van der Waals surface area contributed by atoms with Crippen LogP contribution in [0.25, 0.3) is 0 Å². The maximum atomic E-state index is 12.3. The second-order valence-electron chi connectivity index (χ2n) is 7.48. The molecule has 1 aliphatic rings. The van der Waals surface area contributed by atoms with Crippen molar-refractivity contribution in [3.8, 4) is 0 Å². The maximum absolute atomic E-state index is 12.3. The topological polar surface area (TPSA) is 90.5 Å². The third-order valence-corrected chi connectivity index (χ3v) is 5.60. The Labute approximate surface area is 180 Å². The molecule has 3 rings (SSSR count). The Balaban J connectivity index is 1.37. The number of hydrogen-bond acceptors (Lipinski definition) is 5. The van der Waals surface area contributed by atoms with Crippen LogP contribution < -0.4 is 20.9 Å². The van der Waals surface area contributed by atoms with E-state index in [1.54, 1.807) is 18.4 Å². The van der Waals surface area contributed by atoms with Gasteiger partial charge in [0.05, 0.1) is 0 Å². The number of carbonyl (C=O) groups excluding carboxylic acids is 3. The van der Waals surface area contributed by atoms with Gasteiger partial charge in [-0.25, -0.2) is 0 Å². The molecule has 1 aromatic heterocycles. The van der Waals surface area contributed by atoms with Gasteiger partial charge in [-0.2, -0.15) is 11.3 Å². The third kappa shape index (κ3) is 6.59. The van der Waals surface area contributed by atoms with Gasteiger partial charge >= 0.3 is 0 Å². The molecule has 2 heterocycles. The normalized spacial score (nSPS) is 14.2. The average molecular weight is 429 g/mol. The highest BCUT2D eigenvalue weighted by Gasteiger charge is 2.15. The van der Waals surface area contributed by atoms with Crippen LogP contribution in [0, 0.1) is 0 Å². The number of thiophene rings is 1. The Kier molecular flexibility index (Phi) is 7.84. The van der Waals surface area contributed by atoms with Crippen LogP contribution in [0.15, 0.2) is 41.1 Å². The maximum Gasteiger partial charge on any atom is 0.252 e. The summed E-state index contributed by atoms with van der Waals surface area (Å²) in [5.41, 5.74) is 2.48. The zero-order chi connectivity index (χ0) is 21.3. The molecule has 1 aromatic carbocycles. The summed E-state index contributed by atoms with van der Waals surface area (Å²) in [6.45, 7) is 4.15. The highest BCUT2D eigenvalue weighted by Crippen LogP contribution is 2.23. The molecule has 1 aliphatic heterocycles. The fourth-order valence-corrected chi connectivity index (χ4v) is 4.07. The monoisotopic (exact) mass is 428 g/mol. The Morgan fingerprint density at radius 3 is 2.67 bits per heavy atom. The lowest BCUT2D eigenvalue weighted by molar-refractivity contribution is -0.122. The Morgan fingerprint density at radius 1 is 1.13 bits per heavy atom. The smallest absolute Gasteiger partial charge is 0.252 e. The third-order valence-electron chi connectivity index (χ3n) is 4.92. The molecule has 3 amide bonds. The highest BCUT2D eigenvalue weighted by molar-refractivity contribution is 7.08. The molecule has 2 aromatic rings. The molecule has 7 nitrogen and oxygen atoms in total. The molecule has 1 fully saturated rings. The van der Waals surface area contributed by atoms with Crippen molar-refractivity contribution in [2.45, 2.75) is 38.6 Å². The van der Waals surface area contributed by atoms with Crippen LogP contribution >= 0.6 is 11.3 Å². The summed E-state index contributed by atoms with van der Waals surface area (Å²) in [5.74, 6) is -0.531. The van der Waals surface area contributed by atoms with Gasteiger partial charge in [0.25, 0.3) is 5.91 Å². The number of nitrogens with zero attached hydrogens (tertiary/aromatic N) is 1. The largest absolute Gasteiger partial charge is 0.371 e. The molecular formula is C22H28N4O3S. The highest BCUT2D eigenvalue weighted by atomic mass is 32.1. The molecule has 1 saturated heterocycles. The van der Waals surface area contributed by atoms with Gasteiger partial charge in [-0.3, -0.25) is 14.4 Å². The number of hydrogen-bond donors (Lipinski definition) is 3. The van der Waals surface area contributed by atoms with Crippen molar-refractivity contribution in [2.24, 2.45) is 0 Å². The summed E-state index contributed by atoms with van der Waals surface area (Å²) in [6.07, 6.45) is 2.75. The molecule has 160 valence electrons. The summed E-state index contributed by atoms with van der Waals surface area (Å²) in [7, 11) is 0. The summed E-state index contributed by atoms with van der Waals surface area (Å²) in [6, 6.07) is 9.30. The van der Waals surface area contributed by atoms with E-state index in [1.807, 2.05) is 23.6 Å². The first-order valence-electron chi connectivity index (χ1n) is 10.3. The second kappa shape index (κ2) is 10.8. The number of benzene rings is 1. The van der Waals surface area contributed by atoms with Crippen LogP contribution in [0.5, 0.6) is 0 Å². The molecule has 0 aliphatic carbocycles. The van der Waals surface area contributed by atoms with Gasteiger partial charge in [0.2, 0.25) is 11.8 Å². The minimum absolute atomic E-state index is 0.146. The summed E-state index contributed by atoms with van der Waals surface area (Å²) >= 11 is 1.45. The number of nitrogens with one attached hydrogen (secondary N) is 3. The van der Waals surface area contributed by atoms with E-state index < -0.39 is 0 Å². The summed E-state index contributed by atoms with van der Waals surface area (Å²) in [5, 5.41) is 12.0. The van der Waals surface area contributed by atoms with E-state index in [0.29, 0.717) is 5.56 Å². The van der Waals surface area contributed by atoms with Crippen molar-refractivity contribution < 1.29 is 14.4 Å². The van der Waals surface area contributed by atoms with Crippen molar-refractivity contribution in [1.82, 2.24) is 10.6 Å². The molecule has 0 spiro atoms. The quantitative estimate of drug-likeness (QED) is 0.573. The summed E-state index contributed by atoms with van der Waals surface area (Å²) in [4.78, 5) is 38.6. The fourth-order valence-electron chi connectivity index (χ4n) is 3.43. The van der Waals surface area contributed by atoms with E-state index in [-0.39, 0.29) is 43.1 Å². The first-order valence-corrected chi connectivity index (χ1v) is 11.2. The van der Waals surface area contributed by atoms with E-state index >= 15 is 0 Å². The average Bonchev–Trinajstić information content (AvgIpc) is 3.42. The molecule has 0 bridgehead atoms. The van der Waals surface area contributed by atoms with Crippen molar-refractivity contribution in [3.63, 3.8) is 0 Å². The zero-order valence-electron chi connectivity index (χ0n) is 17.1. The molecule has 30 heavy (non-hydrogen) atoms. The Hall–Kier alpha value is -2.87. The number of rotatable bonds is 9. The predicted molar refractivity (Wildman–Crippen MR) is 120 cm³/mol. The Morgan fingerprint density at radius 2 is 1.93 bits per heavy atom. The summed E-state index contributed by atoms with van der Waals surface area (Å²) < 4.78 is 0. The van der Waals surface area contributed by atoms with Crippen LogP contribution in [-0.2, 0) is 9.59 Å². The second-order valence-corrected chi connectivity index (χ2v) is 8.26. The van der Waals surface area contributed by atoms with Gasteiger partial charge in [-0.05, 0) is 49.4 Å². The van der Waals surface area contributed by atoms with E-state index in [0.717, 1.165) is 24.5 Å². The lowest BCUT2D eigenvalue weighted by Gasteiger charge is -2.19. The van der Waals surface area contributed by atoms with Crippen molar-refractivity contribution in [1.29, 1.82) is 0 Å². The van der Waals surface area contributed by atoms with Crippen LogP contribution in [0.4, 0.5) is 11.4 Å². The van der Waals surface area contributed by atoms with E-state index in [4.69, 9.17) is 0 Å². The van der Waals surface area contributed by atoms with Gasteiger partial charge in [0.1, 0.15) is 0 Å². The lowest BCUT2D eigenvalue weighted by Crippen LogP contribution is -2.37. The SMILES string of the molecule is CC(CC(=O)Nc1cccc(N2CCCC2)c1)NC(=O)CCNC(=O)c1ccsc1. The minimum Gasteiger partial charge on any atom is -0.371 e. The fraction of sp³-hybridized carbons (Fsp3) is 0.409. The number of carbonyl (C=O) groups is 3. The van der Waals surface area contributed by atoms with Gasteiger partial charge < -0.3 is 20.9 Å². The van der Waals surface area contributed by atoms with Crippen LogP contribution in [0.3, 0.4) is 0 Å². The number of anilines is 2. The Bertz CT molecular complexity index is 863. The predicted octanol–water partition coefficient (Wildman–Crippen LogP) is 3.00. The minimum atomic E-state index is -0.299. The van der Waals surface area contributed by atoms with Gasteiger partial charge in [0, 0.05) is 60.8 Å². The first kappa shape index (κ1) is 21.8. The van der Waals surface area contributed by atoms with E-state index in [2.05, 4.69) is 26.9 Å². The molecular weight excluding hydrogens is 400 g/mol. The molecule has 3 N–H and O–H groups in total. The molecule has 1 unspecified atom stereocenters. The molecule has 0 radical (unpaired) electrons. The van der Waals surface area contributed by atoms with Gasteiger partial charge in [-0.1, -0.05) is 6.07 Å². The first-order chi connectivity index (χ1) is 14.5. The van der Waals surface area contributed by atoms with Crippen molar-refractivity contribution in [2.75, 3.05) is 29.9 Å².